The largest absolute Gasteiger partial charge is 0.456 e. The van der Waals surface area contributed by atoms with Crippen molar-refractivity contribution >= 4 is 84.0 Å². The van der Waals surface area contributed by atoms with Crippen molar-refractivity contribution in [1.29, 1.82) is 0 Å². The van der Waals surface area contributed by atoms with E-state index in [1.807, 2.05) is 0 Å². The number of rotatable bonds is 1. The van der Waals surface area contributed by atoms with Gasteiger partial charge in [-0.3, -0.25) is 0 Å². The van der Waals surface area contributed by atoms with Crippen LogP contribution < -0.4 is 21.3 Å². The molecular weight excluding hydrogens is 573 g/mol. The number of fused-ring (bicyclic) bond motifs is 10. The molecule has 0 amide bonds. The topological polar surface area (TPSA) is 29.5 Å². The summed E-state index contributed by atoms with van der Waals surface area (Å²) in [6.45, 7) is 11.6. The van der Waals surface area contributed by atoms with Gasteiger partial charge < -0.3 is 13.7 Å². The molecule has 2 aliphatic heterocycles. The molecule has 0 bridgehead atoms. The third-order valence-corrected chi connectivity index (χ3v) is 10.9. The quantitative estimate of drug-likeness (QED) is 0.174. The molecule has 6 aromatic carbocycles. The Labute approximate surface area is 274 Å². The highest BCUT2D eigenvalue weighted by Gasteiger charge is 2.46. The molecular formula is C43H34BNO2. The highest BCUT2D eigenvalue weighted by Crippen LogP contribution is 2.45. The first-order valence-electron chi connectivity index (χ1n) is 16.6. The standard InChI is InChI=1S/C43H34BNO2/c1-42(2,3)25-17-19-26(20-18-25)45-35-14-10-13-31-41(35)44(34-22-30-28-12-7-9-16-38(28)47-40(30)24-36(34)45)33-21-29-27-11-6-8-15-37(27)46-39(29)23-32(33)43(31,4)5/h6-24H,1-5H3. The molecule has 0 saturated heterocycles. The normalized spacial score (nSPS) is 15.0. The van der Waals surface area contributed by atoms with Gasteiger partial charge in [0.05, 0.1) is 0 Å². The van der Waals surface area contributed by atoms with Crippen LogP contribution in [0, 0.1) is 0 Å². The summed E-state index contributed by atoms with van der Waals surface area (Å²) < 4.78 is 13.0. The summed E-state index contributed by atoms with van der Waals surface area (Å²) in [6, 6.07) is 42.3. The van der Waals surface area contributed by atoms with Crippen LogP contribution in [0.25, 0.3) is 43.9 Å². The lowest BCUT2D eigenvalue weighted by Crippen LogP contribution is -2.64. The number of hydrogen-bond donors (Lipinski definition) is 0. The van der Waals surface area contributed by atoms with Gasteiger partial charge in [0.15, 0.2) is 0 Å². The average molecular weight is 608 g/mol. The van der Waals surface area contributed by atoms with Crippen molar-refractivity contribution in [1.82, 2.24) is 0 Å². The van der Waals surface area contributed by atoms with Gasteiger partial charge in [-0.1, -0.05) is 113 Å². The summed E-state index contributed by atoms with van der Waals surface area (Å²) in [4.78, 5) is 2.47. The van der Waals surface area contributed by atoms with Gasteiger partial charge >= 0.3 is 0 Å². The number of para-hydroxylation sites is 2. The van der Waals surface area contributed by atoms with Gasteiger partial charge in [-0.2, -0.15) is 0 Å². The Morgan fingerprint density at radius 1 is 0.553 bits per heavy atom. The van der Waals surface area contributed by atoms with Crippen molar-refractivity contribution in [2.45, 2.75) is 45.4 Å². The van der Waals surface area contributed by atoms with Crippen molar-refractivity contribution < 1.29 is 8.83 Å². The van der Waals surface area contributed by atoms with E-state index in [0.717, 1.165) is 49.9 Å². The first-order valence-corrected chi connectivity index (χ1v) is 16.6. The second-order valence-corrected chi connectivity index (χ2v) is 15.0. The van der Waals surface area contributed by atoms with Crippen molar-refractivity contribution in [2.24, 2.45) is 0 Å². The maximum absolute atomic E-state index is 6.52. The average Bonchev–Trinajstić information content (AvgIpc) is 3.62. The lowest BCUT2D eigenvalue weighted by atomic mass is 9.30. The van der Waals surface area contributed by atoms with E-state index >= 15 is 0 Å². The van der Waals surface area contributed by atoms with Crippen molar-refractivity contribution in [3.8, 4) is 0 Å². The van der Waals surface area contributed by atoms with Gasteiger partial charge in [0.25, 0.3) is 0 Å². The fourth-order valence-electron chi connectivity index (χ4n) is 8.51. The molecule has 0 aliphatic carbocycles. The van der Waals surface area contributed by atoms with Crippen LogP contribution >= 0.6 is 0 Å². The van der Waals surface area contributed by atoms with Gasteiger partial charge in [0.2, 0.25) is 6.71 Å². The van der Waals surface area contributed by atoms with Crippen LogP contribution in [0.5, 0.6) is 0 Å². The maximum atomic E-state index is 6.52. The third-order valence-electron chi connectivity index (χ3n) is 10.9. The molecule has 4 heteroatoms. The maximum Gasteiger partial charge on any atom is 0.247 e. The Morgan fingerprint density at radius 3 is 1.83 bits per heavy atom. The molecule has 47 heavy (non-hydrogen) atoms. The summed E-state index contributed by atoms with van der Waals surface area (Å²) >= 11 is 0. The molecule has 0 N–H and O–H groups in total. The third kappa shape index (κ3) is 3.59. The number of anilines is 3. The number of furan rings is 2. The van der Waals surface area contributed by atoms with Gasteiger partial charge in [-0.15, -0.1) is 0 Å². The Hall–Kier alpha value is -5.22. The minimum Gasteiger partial charge on any atom is -0.456 e. The molecule has 2 aliphatic rings. The summed E-state index contributed by atoms with van der Waals surface area (Å²) in [5.41, 5.74) is 15.2. The second kappa shape index (κ2) is 8.98. The molecule has 0 spiro atoms. The van der Waals surface area contributed by atoms with Gasteiger partial charge in [-0.05, 0) is 69.4 Å². The smallest absolute Gasteiger partial charge is 0.247 e. The number of hydrogen-bond acceptors (Lipinski definition) is 3. The lowest BCUT2D eigenvalue weighted by Gasteiger charge is -2.45. The SMILES string of the molecule is CC(C)(C)c1ccc(N2c3cc4oc5ccccc5c4cc3B3c4cc5c(cc4C(C)(C)c4cccc2c43)oc2ccccc25)cc1. The molecule has 0 atom stereocenters. The van der Waals surface area contributed by atoms with Gasteiger partial charge in [0.1, 0.15) is 22.3 Å². The summed E-state index contributed by atoms with van der Waals surface area (Å²) in [5.74, 6) is 0. The molecule has 8 aromatic rings. The van der Waals surface area contributed by atoms with Crippen LogP contribution in [0.15, 0.2) is 124 Å². The minimum atomic E-state index is -0.226. The summed E-state index contributed by atoms with van der Waals surface area (Å²) in [5, 5.41) is 4.64. The van der Waals surface area contributed by atoms with Crippen LogP contribution in [0.2, 0.25) is 0 Å². The molecule has 2 aromatic heterocycles. The summed E-state index contributed by atoms with van der Waals surface area (Å²) in [7, 11) is 0. The molecule has 4 heterocycles. The molecule has 10 rings (SSSR count). The zero-order chi connectivity index (χ0) is 31.8. The Morgan fingerprint density at radius 2 is 1.17 bits per heavy atom. The minimum absolute atomic E-state index is 0.0560. The Bertz CT molecular complexity index is 2600. The van der Waals surface area contributed by atoms with E-state index in [9.17, 15) is 0 Å². The van der Waals surface area contributed by atoms with Crippen molar-refractivity contribution in [3.63, 3.8) is 0 Å². The van der Waals surface area contributed by atoms with Gasteiger partial charge in [-0.25, -0.2) is 0 Å². The number of nitrogens with zero attached hydrogens (tertiary/aromatic N) is 1. The van der Waals surface area contributed by atoms with Crippen molar-refractivity contribution in [2.75, 3.05) is 4.90 Å². The monoisotopic (exact) mass is 607 g/mol. The lowest BCUT2D eigenvalue weighted by molar-refractivity contribution is 0.590. The van der Waals surface area contributed by atoms with E-state index in [0.29, 0.717) is 0 Å². The zero-order valence-electron chi connectivity index (χ0n) is 27.3. The molecule has 0 radical (unpaired) electrons. The Balaban J connectivity index is 1.32. The van der Waals surface area contributed by atoms with E-state index in [4.69, 9.17) is 8.83 Å². The zero-order valence-corrected chi connectivity index (χ0v) is 27.3. The fraction of sp³-hybridized carbons (Fsp3) is 0.163. The van der Waals surface area contributed by atoms with E-state index in [-0.39, 0.29) is 17.5 Å². The van der Waals surface area contributed by atoms with E-state index < -0.39 is 0 Å². The van der Waals surface area contributed by atoms with Crippen LogP contribution in [0.3, 0.4) is 0 Å². The van der Waals surface area contributed by atoms with Crippen LogP contribution in [-0.4, -0.2) is 6.71 Å². The van der Waals surface area contributed by atoms with E-state index in [1.54, 1.807) is 0 Å². The molecule has 0 fully saturated rings. The van der Waals surface area contributed by atoms with Gasteiger partial charge in [0, 0.05) is 50.1 Å². The van der Waals surface area contributed by atoms with Crippen LogP contribution in [-0.2, 0) is 10.8 Å². The Kier molecular flexibility index (Phi) is 5.15. The number of benzene rings is 6. The predicted molar refractivity (Wildman–Crippen MR) is 198 cm³/mol. The second-order valence-electron chi connectivity index (χ2n) is 15.0. The van der Waals surface area contributed by atoms with Crippen molar-refractivity contribution in [3.05, 3.63) is 132 Å². The first-order chi connectivity index (χ1) is 22.7. The van der Waals surface area contributed by atoms with Crippen LogP contribution in [0.1, 0.15) is 51.3 Å². The molecule has 0 saturated carbocycles. The molecule has 0 unspecified atom stereocenters. The molecule has 3 nitrogen and oxygen atoms in total. The summed E-state index contributed by atoms with van der Waals surface area (Å²) in [6.07, 6.45) is 0. The highest BCUT2D eigenvalue weighted by molar-refractivity contribution is 6.99. The fourth-order valence-corrected chi connectivity index (χ4v) is 8.51. The highest BCUT2D eigenvalue weighted by atomic mass is 16.3. The van der Waals surface area contributed by atoms with E-state index in [2.05, 4.69) is 155 Å². The van der Waals surface area contributed by atoms with E-state index in [1.165, 1.54) is 44.2 Å². The van der Waals surface area contributed by atoms with Crippen LogP contribution in [0.4, 0.5) is 17.1 Å². The molecule has 226 valence electrons. The predicted octanol–water partition coefficient (Wildman–Crippen LogP) is 9.72. The first kappa shape index (κ1) is 26.9.